The van der Waals surface area contributed by atoms with E-state index >= 15 is 0 Å². The zero-order valence-corrected chi connectivity index (χ0v) is 17.9. The number of amides is 3. The molecular formula is C21H20FIN2O3. The second-order valence-corrected chi connectivity index (χ2v) is 8.84. The normalized spacial score (nSPS) is 17.2. The maximum absolute atomic E-state index is 14.2. The van der Waals surface area contributed by atoms with E-state index in [9.17, 15) is 18.8 Å². The molecule has 0 spiro atoms. The number of rotatable bonds is 3. The summed E-state index contributed by atoms with van der Waals surface area (Å²) in [6.45, 7) is 5.28. The number of benzene rings is 2. The molecule has 146 valence electrons. The molecule has 0 aliphatic carbocycles. The Balaban J connectivity index is 1.99. The molecule has 1 fully saturated rings. The minimum Gasteiger partial charge on any atom is -0.321 e. The summed E-state index contributed by atoms with van der Waals surface area (Å²) in [4.78, 5) is 41.3. The van der Waals surface area contributed by atoms with Crippen LogP contribution in [0.3, 0.4) is 0 Å². The fraction of sp³-hybridized carbons (Fsp3) is 0.286. The van der Waals surface area contributed by atoms with Gasteiger partial charge in [-0.05, 0) is 79.8 Å². The van der Waals surface area contributed by atoms with Crippen molar-refractivity contribution < 1.29 is 18.8 Å². The predicted molar refractivity (Wildman–Crippen MR) is 112 cm³/mol. The molecule has 2 aromatic carbocycles. The van der Waals surface area contributed by atoms with E-state index in [2.05, 4.69) is 22.6 Å². The van der Waals surface area contributed by atoms with Crippen molar-refractivity contribution in [3.05, 3.63) is 63.5 Å². The second kappa shape index (κ2) is 7.62. The Labute approximate surface area is 176 Å². The minimum absolute atomic E-state index is 0.120. The Morgan fingerprint density at radius 2 is 1.71 bits per heavy atom. The molecule has 1 aliphatic heterocycles. The molecule has 3 amide bonds. The molecule has 3 rings (SSSR count). The van der Waals surface area contributed by atoms with Crippen LogP contribution in [0.1, 0.15) is 37.6 Å². The van der Waals surface area contributed by atoms with Crippen molar-refractivity contribution >= 4 is 46.0 Å². The summed E-state index contributed by atoms with van der Waals surface area (Å²) in [6, 6.07) is 11.7. The fourth-order valence-corrected chi connectivity index (χ4v) is 3.72. The highest BCUT2D eigenvalue weighted by Gasteiger charge is 2.48. The maximum Gasteiger partial charge on any atom is 0.257 e. The monoisotopic (exact) mass is 494 g/mol. The molecule has 2 aromatic rings. The summed E-state index contributed by atoms with van der Waals surface area (Å²) in [5.74, 6) is -2.13. The number of nitrogens with zero attached hydrogens (tertiary/aromatic N) is 2. The number of imide groups is 1. The summed E-state index contributed by atoms with van der Waals surface area (Å²) in [7, 11) is 0. The summed E-state index contributed by atoms with van der Waals surface area (Å²) >= 11 is 2.14. The molecular weight excluding hydrogens is 474 g/mol. The molecule has 1 heterocycles. The molecule has 1 aliphatic rings. The van der Waals surface area contributed by atoms with E-state index in [-0.39, 0.29) is 17.9 Å². The number of carbonyl (C=O) groups excluding carboxylic acids is 3. The van der Waals surface area contributed by atoms with Crippen LogP contribution in [0.2, 0.25) is 0 Å². The van der Waals surface area contributed by atoms with Crippen LogP contribution < -0.4 is 4.90 Å². The molecule has 0 bridgehead atoms. The first-order valence-corrected chi connectivity index (χ1v) is 9.89. The highest BCUT2D eigenvalue weighted by molar-refractivity contribution is 14.1. The third kappa shape index (κ3) is 3.80. The SMILES string of the molecule is CC(C)(C)N(C(=O)c1ccccc1F)C1CC(=O)N(c2ccc(I)cc2)C1=O. The molecule has 0 aromatic heterocycles. The van der Waals surface area contributed by atoms with Crippen molar-refractivity contribution in [1.82, 2.24) is 4.90 Å². The summed E-state index contributed by atoms with van der Waals surface area (Å²) < 4.78 is 15.2. The third-order valence-electron chi connectivity index (χ3n) is 4.57. The van der Waals surface area contributed by atoms with Crippen molar-refractivity contribution in [2.45, 2.75) is 38.8 Å². The molecule has 0 N–H and O–H groups in total. The summed E-state index contributed by atoms with van der Waals surface area (Å²) in [6.07, 6.45) is -0.137. The standard InChI is InChI=1S/C21H20FIN2O3/c1-21(2,3)25(19(27)15-6-4-5-7-16(15)22)17-12-18(26)24(20(17)28)14-10-8-13(23)9-11-14/h4-11,17H,12H2,1-3H3. The Morgan fingerprint density at radius 1 is 1.11 bits per heavy atom. The summed E-state index contributed by atoms with van der Waals surface area (Å²) in [5.41, 5.74) is -0.447. The lowest BCUT2D eigenvalue weighted by molar-refractivity contribution is -0.123. The average molecular weight is 494 g/mol. The van der Waals surface area contributed by atoms with Gasteiger partial charge in [-0.2, -0.15) is 0 Å². The first-order chi connectivity index (χ1) is 13.1. The molecule has 1 saturated heterocycles. The van der Waals surface area contributed by atoms with Gasteiger partial charge >= 0.3 is 0 Å². The average Bonchev–Trinajstić information content (AvgIpc) is 2.89. The Morgan fingerprint density at radius 3 is 2.29 bits per heavy atom. The Kier molecular flexibility index (Phi) is 5.56. The molecule has 1 unspecified atom stereocenters. The van der Waals surface area contributed by atoms with E-state index < -0.39 is 29.2 Å². The topological polar surface area (TPSA) is 57.7 Å². The zero-order valence-electron chi connectivity index (χ0n) is 15.8. The zero-order chi connectivity index (χ0) is 20.6. The number of halogens is 2. The maximum atomic E-state index is 14.2. The van der Waals surface area contributed by atoms with Crippen molar-refractivity contribution in [2.75, 3.05) is 4.90 Å². The number of carbonyl (C=O) groups is 3. The molecule has 0 radical (unpaired) electrons. The van der Waals surface area contributed by atoms with Gasteiger partial charge in [-0.25, -0.2) is 9.29 Å². The van der Waals surface area contributed by atoms with Gasteiger partial charge in [0.25, 0.3) is 11.8 Å². The number of hydrogen-bond acceptors (Lipinski definition) is 3. The van der Waals surface area contributed by atoms with E-state index in [0.29, 0.717) is 5.69 Å². The van der Waals surface area contributed by atoms with Crippen molar-refractivity contribution in [1.29, 1.82) is 0 Å². The van der Waals surface area contributed by atoms with Gasteiger partial charge in [-0.3, -0.25) is 14.4 Å². The van der Waals surface area contributed by atoms with Crippen LogP contribution in [0.15, 0.2) is 48.5 Å². The van der Waals surface area contributed by atoms with Crippen LogP contribution in [0.4, 0.5) is 10.1 Å². The van der Waals surface area contributed by atoms with Crippen LogP contribution >= 0.6 is 22.6 Å². The Hall–Kier alpha value is -2.29. The fourth-order valence-electron chi connectivity index (χ4n) is 3.36. The largest absolute Gasteiger partial charge is 0.321 e. The molecule has 5 nitrogen and oxygen atoms in total. The second-order valence-electron chi connectivity index (χ2n) is 7.59. The van der Waals surface area contributed by atoms with E-state index in [0.717, 1.165) is 8.47 Å². The van der Waals surface area contributed by atoms with Gasteiger partial charge in [0.05, 0.1) is 17.7 Å². The van der Waals surface area contributed by atoms with Gasteiger partial charge in [-0.1, -0.05) is 12.1 Å². The quantitative estimate of drug-likeness (QED) is 0.479. The van der Waals surface area contributed by atoms with Gasteiger partial charge in [0.2, 0.25) is 5.91 Å². The van der Waals surface area contributed by atoms with E-state index in [4.69, 9.17) is 0 Å². The van der Waals surface area contributed by atoms with Gasteiger partial charge in [-0.15, -0.1) is 0 Å². The lowest BCUT2D eigenvalue weighted by atomic mass is 9.99. The number of hydrogen-bond donors (Lipinski definition) is 0. The van der Waals surface area contributed by atoms with Crippen molar-refractivity contribution in [3.63, 3.8) is 0 Å². The lowest BCUT2D eigenvalue weighted by Gasteiger charge is -2.39. The predicted octanol–water partition coefficient (Wildman–Crippen LogP) is 4.00. The first kappa shape index (κ1) is 20.4. The summed E-state index contributed by atoms with van der Waals surface area (Å²) in [5, 5.41) is 0. The van der Waals surface area contributed by atoms with Crippen LogP contribution in [-0.2, 0) is 9.59 Å². The molecule has 28 heavy (non-hydrogen) atoms. The third-order valence-corrected chi connectivity index (χ3v) is 5.28. The molecule has 0 saturated carbocycles. The minimum atomic E-state index is -0.987. The van der Waals surface area contributed by atoms with Gasteiger partial charge in [0, 0.05) is 9.11 Å². The van der Waals surface area contributed by atoms with E-state index in [1.54, 1.807) is 51.1 Å². The van der Waals surface area contributed by atoms with Gasteiger partial charge in [0.15, 0.2) is 0 Å². The molecule has 7 heteroatoms. The lowest BCUT2D eigenvalue weighted by Crippen LogP contribution is -2.54. The van der Waals surface area contributed by atoms with E-state index in [1.165, 1.54) is 23.1 Å². The van der Waals surface area contributed by atoms with Crippen molar-refractivity contribution in [2.24, 2.45) is 0 Å². The highest BCUT2D eigenvalue weighted by atomic mass is 127. The number of anilines is 1. The smallest absolute Gasteiger partial charge is 0.257 e. The highest BCUT2D eigenvalue weighted by Crippen LogP contribution is 2.31. The Bertz CT molecular complexity index is 937. The van der Waals surface area contributed by atoms with Crippen LogP contribution in [0.5, 0.6) is 0 Å². The van der Waals surface area contributed by atoms with Gasteiger partial charge < -0.3 is 4.90 Å². The first-order valence-electron chi connectivity index (χ1n) is 8.82. The van der Waals surface area contributed by atoms with Gasteiger partial charge in [0.1, 0.15) is 11.9 Å². The molecule has 1 atom stereocenters. The van der Waals surface area contributed by atoms with Crippen molar-refractivity contribution in [3.8, 4) is 0 Å². The van der Waals surface area contributed by atoms with Crippen LogP contribution in [0.25, 0.3) is 0 Å². The van der Waals surface area contributed by atoms with Crippen LogP contribution in [0, 0.1) is 9.39 Å². The van der Waals surface area contributed by atoms with E-state index in [1.807, 2.05) is 0 Å². The van der Waals surface area contributed by atoms with Crippen LogP contribution in [-0.4, -0.2) is 34.2 Å².